The molecule has 0 radical (unpaired) electrons. The van der Waals surface area contributed by atoms with Gasteiger partial charge in [0.2, 0.25) is 5.91 Å². The third-order valence-electron chi connectivity index (χ3n) is 6.56. The average molecular weight is 431 g/mol. The van der Waals surface area contributed by atoms with Gasteiger partial charge in [-0.25, -0.2) is 4.39 Å². The van der Waals surface area contributed by atoms with E-state index in [1.54, 1.807) is 19.1 Å². The molecule has 1 aliphatic rings. The van der Waals surface area contributed by atoms with Crippen LogP contribution in [0.1, 0.15) is 62.0 Å². The molecule has 1 aromatic carbocycles. The Bertz CT molecular complexity index is 887. The first-order chi connectivity index (χ1) is 14.8. The van der Waals surface area contributed by atoms with Crippen LogP contribution in [0.15, 0.2) is 18.2 Å². The van der Waals surface area contributed by atoms with Crippen molar-refractivity contribution in [3.63, 3.8) is 0 Å². The van der Waals surface area contributed by atoms with Crippen LogP contribution in [0.25, 0.3) is 10.9 Å². The van der Waals surface area contributed by atoms with Crippen molar-refractivity contribution in [1.82, 2.24) is 20.1 Å². The van der Waals surface area contributed by atoms with E-state index in [0.717, 1.165) is 57.3 Å². The van der Waals surface area contributed by atoms with Gasteiger partial charge < -0.3 is 20.1 Å². The molecule has 7 heteroatoms. The zero-order chi connectivity index (χ0) is 22.5. The van der Waals surface area contributed by atoms with Gasteiger partial charge in [0, 0.05) is 37.5 Å². The van der Waals surface area contributed by atoms with E-state index in [9.17, 15) is 14.0 Å². The molecule has 3 rings (SSSR count). The summed E-state index contributed by atoms with van der Waals surface area (Å²) in [4.78, 5) is 31.7. The lowest BCUT2D eigenvalue weighted by molar-refractivity contribution is -0.128. The lowest BCUT2D eigenvalue weighted by atomic mass is 9.90. The standard InChI is InChI=1S/C24H35FN4O2/c1-5-29(17(3)30)13-7-12-28(4)19-9-6-8-18(14-19)26-24(31)22-15-20-21(25)11-10-16(2)23(20)27-22/h10-11,15,18-19,27H,5-9,12-14H2,1-4H3,(H,26,31)/t18-,19-/m1/s1. The summed E-state index contributed by atoms with van der Waals surface area (Å²) in [7, 11) is 2.13. The molecule has 170 valence electrons. The van der Waals surface area contributed by atoms with Crippen LogP contribution in [-0.2, 0) is 4.79 Å². The SMILES string of the molecule is CCN(CCCN(C)[C@@H]1CCC[C@@H](NC(=O)c2cc3c(F)ccc(C)c3[nH]2)C1)C(C)=O. The molecule has 1 aliphatic carbocycles. The van der Waals surface area contributed by atoms with Crippen molar-refractivity contribution in [2.24, 2.45) is 0 Å². The van der Waals surface area contributed by atoms with Crippen molar-refractivity contribution >= 4 is 22.7 Å². The van der Waals surface area contributed by atoms with Crippen LogP contribution in [0.4, 0.5) is 4.39 Å². The molecule has 1 aromatic heterocycles. The molecule has 1 saturated carbocycles. The van der Waals surface area contributed by atoms with Crippen molar-refractivity contribution in [3.8, 4) is 0 Å². The predicted octanol–water partition coefficient (Wildman–Crippen LogP) is 3.85. The van der Waals surface area contributed by atoms with Crippen molar-refractivity contribution in [3.05, 3.63) is 35.3 Å². The van der Waals surface area contributed by atoms with Crippen LogP contribution >= 0.6 is 0 Å². The molecule has 2 N–H and O–H groups in total. The molecule has 0 bridgehead atoms. The zero-order valence-corrected chi connectivity index (χ0v) is 19.1. The number of rotatable bonds is 8. The number of halogens is 1. The molecule has 2 amide bonds. The summed E-state index contributed by atoms with van der Waals surface area (Å²) in [5.74, 6) is -0.373. The monoisotopic (exact) mass is 430 g/mol. The Morgan fingerprint density at radius 3 is 2.71 bits per heavy atom. The number of benzene rings is 1. The molecule has 2 atom stereocenters. The Morgan fingerprint density at radius 2 is 2.03 bits per heavy atom. The smallest absolute Gasteiger partial charge is 0.267 e. The number of carbonyl (C=O) groups excluding carboxylic acids is 2. The van der Waals surface area contributed by atoms with Gasteiger partial charge in [-0.2, -0.15) is 0 Å². The first kappa shape index (κ1) is 23.3. The van der Waals surface area contributed by atoms with Gasteiger partial charge in [-0.3, -0.25) is 9.59 Å². The Balaban J connectivity index is 1.54. The largest absolute Gasteiger partial charge is 0.350 e. The molecule has 6 nitrogen and oxygen atoms in total. The molecule has 0 aliphatic heterocycles. The van der Waals surface area contributed by atoms with Gasteiger partial charge in [0.25, 0.3) is 5.91 Å². The summed E-state index contributed by atoms with van der Waals surface area (Å²) in [5.41, 5.74) is 2.00. The summed E-state index contributed by atoms with van der Waals surface area (Å²) in [6.45, 7) is 7.97. The molecule has 0 spiro atoms. The number of aromatic nitrogens is 1. The van der Waals surface area contributed by atoms with E-state index in [4.69, 9.17) is 0 Å². The summed E-state index contributed by atoms with van der Waals surface area (Å²) in [6.07, 6.45) is 4.98. The van der Waals surface area contributed by atoms with Crippen molar-refractivity contribution < 1.29 is 14.0 Å². The minimum absolute atomic E-state index is 0.107. The molecule has 2 aromatic rings. The molecule has 0 unspecified atom stereocenters. The highest BCUT2D eigenvalue weighted by atomic mass is 19.1. The minimum atomic E-state index is -0.318. The zero-order valence-electron chi connectivity index (χ0n) is 19.1. The van der Waals surface area contributed by atoms with Gasteiger partial charge in [0.15, 0.2) is 0 Å². The number of amides is 2. The Kier molecular flexibility index (Phi) is 7.70. The number of hydrogen-bond acceptors (Lipinski definition) is 3. The highest BCUT2D eigenvalue weighted by Crippen LogP contribution is 2.25. The maximum atomic E-state index is 14.1. The molecule has 31 heavy (non-hydrogen) atoms. The van der Waals surface area contributed by atoms with Crippen LogP contribution in [0.3, 0.4) is 0 Å². The van der Waals surface area contributed by atoms with Crippen LogP contribution in [0.5, 0.6) is 0 Å². The van der Waals surface area contributed by atoms with Gasteiger partial charge >= 0.3 is 0 Å². The second-order valence-electron chi connectivity index (χ2n) is 8.76. The summed E-state index contributed by atoms with van der Waals surface area (Å²) < 4.78 is 14.1. The number of fused-ring (bicyclic) bond motifs is 1. The third kappa shape index (κ3) is 5.64. The number of nitrogens with zero attached hydrogens (tertiary/aromatic N) is 2. The van der Waals surface area contributed by atoms with Crippen molar-refractivity contribution in [2.75, 3.05) is 26.7 Å². The summed E-state index contributed by atoms with van der Waals surface area (Å²) in [6, 6.07) is 5.27. The molecule has 1 fully saturated rings. The second-order valence-corrected chi connectivity index (χ2v) is 8.76. The lowest BCUT2D eigenvalue weighted by Gasteiger charge is -2.36. The highest BCUT2D eigenvalue weighted by Gasteiger charge is 2.26. The Labute approximate surface area is 184 Å². The highest BCUT2D eigenvalue weighted by molar-refractivity contribution is 5.99. The van der Waals surface area contributed by atoms with Crippen molar-refractivity contribution in [1.29, 1.82) is 0 Å². The van der Waals surface area contributed by atoms with Gasteiger partial charge in [-0.05, 0) is 77.2 Å². The van der Waals surface area contributed by atoms with Crippen LogP contribution < -0.4 is 5.32 Å². The number of H-pyrrole nitrogens is 1. The predicted molar refractivity (Wildman–Crippen MR) is 122 cm³/mol. The third-order valence-corrected chi connectivity index (χ3v) is 6.56. The van der Waals surface area contributed by atoms with E-state index >= 15 is 0 Å². The van der Waals surface area contributed by atoms with E-state index in [1.165, 1.54) is 6.07 Å². The fraction of sp³-hybridized carbons (Fsp3) is 0.583. The van der Waals surface area contributed by atoms with Crippen LogP contribution in [0.2, 0.25) is 0 Å². The average Bonchev–Trinajstić information content (AvgIpc) is 3.21. The number of hydrogen-bond donors (Lipinski definition) is 2. The molecular formula is C24H35FN4O2. The fourth-order valence-corrected chi connectivity index (χ4v) is 4.64. The van der Waals surface area contributed by atoms with Gasteiger partial charge in [-0.15, -0.1) is 0 Å². The molecule has 0 saturated heterocycles. The summed E-state index contributed by atoms with van der Waals surface area (Å²) >= 11 is 0. The van der Waals surface area contributed by atoms with E-state index in [-0.39, 0.29) is 23.7 Å². The van der Waals surface area contributed by atoms with E-state index < -0.39 is 0 Å². The maximum Gasteiger partial charge on any atom is 0.267 e. The maximum absolute atomic E-state index is 14.1. The second kappa shape index (κ2) is 10.3. The Hall–Kier alpha value is -2.41. The fourth-order valence-electron chi connectivity index (χ4n) is 4.64. The van der Waals surface area contributed by atoms with Crippen LogP contribution in [-0.4, -0.2) is 65.4 Å². The number of carbonyl (C=O) groups is 2. The van der Waals surface area contributed by atoms with Gasteiger partial charge in [0.05, 0.1) is 5.52 Å². The van der Waals surface area contributed by atoms with Crippen LogP contribution in [0, 0.1) is 12.7 Å². The Morgan fingerprint density at radius 1 is 1.26 bits per heavy atom. The van der Waals surface area contributed by atoms with E-state index in [2.05, 4.69) is 22.2 Å². The topological polar surface area (TPSA) is 68.4 Å². The number of aromatic amines is 1. The van der Waals surface area contributed by atoms with E-state index in [1.807, 2.05) is 18.7 Å². The molecular weight excluding hydrogens is 395 g/mol. The van der Waals surface area contributed by atoms with E-state index in [0.29, 0.717) is 22.6 Å². The van der Waals surface area contributed by atoms with Crippen molar-refractivity contribution in [2.45, 2.75) is 65.0 Å². The first-order valence-corrected chi connectivity index (χ1v) is 11.3. The molecule has 1 heterocycles. The quantitative estimate of drug-likeness (QED) is 0.669. The van der Waals surface area contributed by atoms with Gasteiger partial charge in [-0.1, -0.05) is 6.07 Å². The normalized spacial score (nSPS) is 19.0. The minimum Gasteiger partial charge on any atom is -0.350 e. The number of nitrogens with one attached hydrogen (secondary N) is 2. The number of aryl methyl sites for hydroxylation is 1. The first-order valence-electron chi connectivity index (χ1n) is 11.3. The van der Waals surface area contributed by atoms with Gasteiger partial charge in [0.1, 0.15) is 11.5 Å². The summed E-state index contributed by atoms with van der Waals surface area (Å²) in [5, 5.41) is 3.60. The lowest BCUT2D eigenvalue weighted by Crippen LogP contribution is -2.45.